The molecule has 0 radical (unpaired) electrons. The lowest BCUT2D eigenvalue weighted by molar-refractivity contribution is 0.301. The second kappa shape index (κ2) is 5.84. The van der Waals surface area contributed by atoms with Gasteiger partial charge in [-0.3, -0.25) is 5.10 Å². The summed E-state index contributed by atoms with van der Waals surface area (Å²) in [6.07, 6.45) is 1.42. The number of alkyl halides is 1. The predicted molar refractivity (Wildman–Crippen MR) is 77.6 cm³/mol. The first-order valence-corrected chi connectivity index (χ1v) is 6.98. The van der Waals surface area contributed by atoms with E-state index in [0.717, 1.165) is 5.56 Å². The summed E-state index contributed by atoms with van der Waals surface area (Å²) in [5, 5.41) is 6.68. The lowest BCUT2D eigenvalue weighted by atomic mass is 10.2. The molecule has 3 rings (SSSR count). The maximum atomic E-state index is 13.9. The predicted octanol–water partition coefficient (Wildman–Crippen LogP) is 2.62. The van der Waals surface area contributed by atoms with Gasteiger partial charge in [0.15, 0.2) is 17.3 Å². The molecule has 1 aromatic carbocycles. The Balaban J connectivity index is 1.67. The molecule has 1 aliphatic carbocycles. The lowest BCUT2D eigenvalue weighted by Gasteiger charge is -2.07. The molecule has 1 heterocycles. The SMILES string of the molecule is NC/C(=C/F)COc1ccc(-c2n[nH]c(C3(F)CC3)n2)cc1. The van der Waals surface area contributed by atoms with Crippen LogP contribution in [-0.2, 0) is 5.67 Å². The third-order valence-corrected chi connectivity index (χ3v) is 3.55. The molecule has 1 saturated carbocycles. The Hall–Kier alpha value is -2.28. The fraction of sp³-hybridized carbons (Fsp3) is 0.333. The quantitative estimate of drug-likeness (QED) is 0.860. The summed E-state index contributed by atoms with van der Waals surface area (Å²) in [6, 6.07) is 6.98. The third kappa shape index (κ3) is 2.99. The van der Waals surface area contributed by atoms with E-state index in [2.05, 4.69) is 15.2 Å². The van der Waals surface area contributed by atoms with Gasteiger partial charge in [0, 0.05) is 17.7 Å². The van der Waals surface area contributed by atoms with Crippen molar-refractivity contribution >= 4 is 0 Å². The van der Waals surface area contributed by atoms with Crippen molar-refractivity contribution in [2.45, 2.75) is 18.5 Å². The number of halogens is 2. The summed E-state index contributed by atoms with van der Waals surface area (Å²) < 4.78 is 31.7. The van der Waals surface area contributed by atoms with Crippen LogP contribution in [0.15, 0.2) is 36.2 Å². The van der Waals surface area contributed by atoms with Crippen LogP contribution in [0, 0.1) is 0 Å². The Morgan fingerprint density at radius 2 is 2.09 bits per heavy atom. The van der Waals surface area contributed by atoms with Crippen LogP contribution in [-0.4, -0.2) is 28.3 Å². The second-order valence-corrected chi connectivity index (χ2v) is 5.26. The number of benzene rings is 1. The second-order valence-electron chi connectivity index (χ2n) is 5.26. The van der Waals surface area contributed by atoms with Gasteiger partial charge in [0.05, 0.1) is 6.33 Å². The summed E-state index contributed by atoms with van der Waals surface area (Å²) in [5.41, 5.74) is 5.15. The minimum Gasteiger partial charge on any atom is -0.489 e. The van der Waals surface area contributed by atoms with Crippen LogP contribution in [0.4, 0.5) is 8.78 Å². The third-order valence-electron chi connectivity index (χ3n) is 3.55. The fourth-order valence-electron chi connectivity index (χ4n) is 1.95. The molecular weight excluding hydrogens is 290 g/mol. The van der Waals surface area contributed by atoms with Gasteiger partial charge < -0.3 is 10.5 Å². The molecule has 1 aromatic heterocycles. The number of rotatable bonds is 6. The highest BCUT2D eigenvalue weighted by Crippen LogP contribution is 2.48. The van der Waals surface area contributed by atoms with Crippen molar-refractivity contribution in [3.8, 4) is 17.1 Å². The number of H-pyrrole nitrogens is 1. The van der Waals surface area contributed by atoms with Crippen LogP contribution in [0.3, 0.4) is 0 Å². The summed E-state index contributed by atoms with van der Waals surface area (Å²) >= 11 is 0. The van der Waals surface area contributed by atoms with E-state index < -0.39 is 5.67 Å². The molecule has 1 aliphatic rings. The van der Waals surface area contributed by atoms with E-state index in [1.807, 2.05) is 0 Å². The summed E-state index contributed by atoms with van der Waals surface area (Å²) in [7, 11) is 0. The zero-order chi connectivity index (χ0) is 15.6. The maximum absolute atomic E-state index is 13.9. The summed E-state index contributed by atoms with van der Waals surface area (Å²) in [6.45, 7) is 0.209. The Bertz CT molecular complexity index is 677. The van der Waals surface area contributed by atoms with Crippen molar-refractivity contribution < 1.29 is 13.5 Å². The number of nitrogens with zero attached hydrogens (tertiary/aromatic N) is 2. The Kier molecular flexibility index (Phi) is 3.89. The van der Waals surface area contributed by atoms with Crippen LogP contribution in [0.25, 0.3) is 11.4 Å². The number of nitrogens with two attached hydrogens (primary N) is 1. The van der Waals surface area contributed by atoms with Gasteiger partial charge >= 0.3 is 0 Å². The van der Waals surface area contributed by atoms with Crippen LogP contribution < -0.4 is 10.5 Å². The first kappa shape index (κ1) is 14.6. The Morgan fingerprint density at radius 1 is 1.36 bits per heavy atom. The molecule has 7 heteroatoms. The van der Waals surface area contributed by atoms with Gasteiger partial charge in [0.1, 0.15) is 12.4 Å². The van der Waals surface area contributed by atoms with Crippen LogP contribution >= 0.6 is 0 Å². The molecule has 0 saturated heterocycles. The Morgan fingerprint density at radius 3 is 2.68 bits per heavy atom. The van der Waals surface area contributed by atoms with E-state index in [-0.39, 0.29) is 19.0 Å². The molecule has 0 spiro atoms. The maximum Gasteiger partial charge on any atom is 0.181 e. The standard InChI is InChI=1S/C15H16F2N4O/c16-7-10(8-18)9-22-12-3-1-11(2-4-12)13-19-14(21-20-13)15(17)5-6-15/h1-4,7H,5-6,8-9,18H2,(H,19,20,21)/b10-7-. The molecule has 0 atom stereocenters. The minimum absolute atomic E-state index is 0.0987. The van der Waals surface area contributed by atoms with Gasteiger partial charge in [-0.1, -0.05) is 0 Å². The number of hydrogen-bond donors (Lipinski definition) is 2. The van der Waals surface area contributed by atoms with Crippen LogP contribution in [0.1, 0.15) is 18.7 Å². The zero-order valence-electron chi connectivity index (χ0n) is 11.9. The van der Waals surface area contributed by atoms with Crippen molar-refractivity contribution in [3.63, 3.8) is 0 Å². The van der Waals surface area contributed by atoms with Gasteiger partial charge in [0.25, 0.3) is 0 Å². The molecule has 0 unspecified atom stereocenters. The normalized spacial score (nSPS) is 16.6. The highest BCUT2D eigenvalue weighted by atomic mass is 19.1. The monoisotopic (exact) mass is 306 g/mol. The molecule has 1 fully saturated rings. The van der Waals surface area contributed by atoms with Gasteiger partial charge in [-0.15, -0.1) is 0 Å². The van der Waals surface area contributed by atoms with E-state index in [4.69, 9.17) is 10.5 Å². The van der Waals surface area contributed by atoms with Crippen molar-refractivity contribution in [1.29, 1.82) is 0 Å². The van der Waals surface area contributed by atoms with E-state index in [0.29, 0.717) is 36.3 Å². The van der Waals surface area contributed by atoms with Crippen molar-refractivity contribution in [3.05, 3.63) is 42.0 Å². The van der Waals surface area contributed by atoms with Crippen molar-refractivity contribution in [2.75, 3.05) is 13.2 Å². The first-order valence-electron chi connectivity index (χ1n) is 6.98. The Labute approximate surface area is 126 Å². The molecule has 0 aliphatic heterocycles. The molecular formula is C15H16F2N4O. The molecule has 3 N–H and O–H groups in total. The lowest BCUT2D eigenvalue weighted by Crippen LogP contribution is -2.10. The molecule has 116 valence electrons. The summed E-state index contributed by atoms with van der Waals surface area (Å²) in [4.78, 5) is 4.19. The average Bonchev–Trinajstić information content (AvgIpc) is 3.11. The smallest absolute Gasteiger partial charge is 0.181 e. The van der Waals surface area contributed by atoms with Crippen LogP contribution in [0.2, 0.25) is 0 Å². The number of aromatic nitrogens is 3. The van der Waals surface area contributed by atoms with Gasteiger partial charge in [-0.25, -0.2) is 13.8 Å². The first-order chi connectivity index (χ1) is 10.6. The van der Waals surface area contributed by atoms with Gasteiger partial charge in [0.2, 0.25) is 0 Å². The minimum atomic E-state index is -1.33. The average molecular weight is 306 g/mol. The number of nitrogens with one attached hydrogen (secondary N) is 1. The number of aromatic amines is 1. The summed E-state index contributed by atoms with van der Waals surface area (Å²) in [5.74, 6) is 1.30. The van der Waals surface area contributed by atoms with E-state index in [1.165, 1.54) is 0 Å². The largest absolute Gasteiger partial charge is 0.489 e. The highest BCUT2D eigenvalue weighted by molar-refractivity contribution is 5.56. The van der Waals surface area contributed by atoms with E-state index in [1.54, 1.807) is 24.3 Å². The van der Waals surface area contributed by atoms with E-state index >= 15 is 0 Å². The van der Waals surface area contributed by atoms with E-state index in [9.17, 15) is 8.78 Å². The van der Waals surface area contributed by atoms with Crippen molar-refractivity contribution in [2.24, 2.45) is 5.73 Å². The molecule has 0 amide bonds. The molecule has 0 bridgehead atoms. The number of hydrogen-bond acceptors (Lipinski definition) is 4. The zero-order valence-corrected chi connectivity index (χ0v) is 11.9. The topological polar surface area (TPSA) is 76.8 Å². The molecule has 22 heavy (non-hydrogen) atoms. The van der Waals surface area contributed by atoms with Crippen molar-refractivity contribution in [1.82, 2.24) is 15.2 Å². The molecule has 5 nitrogen and oxygen atoms in total. The highest BCUT2D eigenvalue weighted by Gasteiger charge is 2.48. The molecule has 2 aromatic rings. The van der Waals surface area contributed by atoms with Crippen LogP contribution in [0.5, 0.6) is 5.75 Å². The fourth-order valence-corrected chi connectivity index (χ4v) is 1.95. The van der Waals surface area contributed by atoms with Gasteiger partial charge in [-0.05, 0) is 37.1 Å². The van der Waals surface area contributed by atoms with Gasteiger partial charge in [-0.2, -0.15) is 5.10 Å². The number of ether oxygens (including phenoxy) is 1.